The first-order valence-corrected chi connectivity index (χ1v) is 6.69. The van der Waals surface area contributed by atoms with Gasteiger partial charge >= 0.3 is 0 Å². The Bertz CT molecular complexity index is 542. The summed E-state index contributed by atoms with van der Waals surface area (Å²) in [5.41, 5.74) is 0.705. The number of hydrogen-bond donors (Lipinski definition) is 0. The fourth-order valence-electron chi connectivity index (χ4n) is 2.29. The Labute approximate surface area is 105 Å². The molecule has 0 aliphatic heterocycles. The van der Waals surface area contributed by atoms with Gasteiger partial charge in [-0.2, -0.15) is 0 Å². The van der Waals surface area contributed by atoms with Crippen LogP contribution in [0.1, 0.15) is 25.7 Å². The van der Waals surface area contributed by atoms with Gasteiger partial charge in [-0.3, -0.25) is 0 Å². The maximum Gasteiger partial charge on any atom is 0.200 e. The molecule has 6 heteroatoms. The molecule has 0 saturated heterocycles. The van der Waals surface area contributed by atoms with Crippen molar-refractivity contribution < 1.29 is 0 Å². The van der Waals surface area contributed by atoms with E-state index >= 15 is 0 Å². The van der Waals surface area contributed by atoms with E-state index in [2.05, 4.69) is 25.5 Å². The third kappa shape index (κ3) is 2.02. The van der Waals surface area contributed by atoms with Crippen LogP contribution in [0.3, 0.4) is 0 Å². The Morgan fingerprint density at radius 3 is 2.50 bits per heavy atom. The molecule has 6 nitrogen and oxygen atoms in total. The Hall–Kier alpha value is -1.72. The van der Waals surface area contributed by atoms with Crippen molar-refractivity contribution in [2.45, 2.75) is 25.7 Å². The first-order chi connectivity index (χ1) is 8.88. The SMILES string of the molecule is c1cc2nnnn2nc1N(CC1CC1)CC1CC1. The molecule has 0 aromatic carbocycles. The predicted octanol–water partition coefficient (Wildman–Crippen LogP) is 1.15. The van der Waals surface area contributed by atoms with Gasteiger partial charge in [-0.1, -0.05) is 0 Å². The van der Waals surface area contributed by atoms with Crippen LogP contribution in [-0.4, -0.2) is 38.3 Å². The zero-order chi connectivity index (χ0) is 11.9. The minimum Gasteiger partial charge on any atom is -0.355 e. The van der Waals surface area contributed by atoms with E-state index in [1.54, 1.807) is 0 Å². The van der Waals surface area contributed by atoms with Gasteiger partial charge in [0.25, 0.3) is 0 Å². The maximum atomic E-state index is 4.50. The minimum atomic E-state index is 0.705. The van der Waals surface area contributed by atoms with Crippen LogP contribution in [0, 0.1) is 11.8 Å². The summed E-state index contributed by atoms with van der Waals surface area (Å²) in [6, 6.07) is 3.98. The second-order valence-electron chi connectivity index (χ2n) is 5.51. The number of tetrazole rings is 1. The first kappa shape index (κ1) is 10.2. The summed E-state index contributed by atoms with van der Waals surface area (Å²) in [7, 11) is 0. The second kappa shape index (κ2) is 3.90. The molecule has 4 rings (SSSR count). The zero-order valence-corrected chi connectivity index (χ0v) is 10.2. The third-order valence-corrected chi connectivity index (χ3v) is 3.73. The molecule has 0 amide bonds. The summed E-state index contributed by atoms with van der Waals surface area (Å²) in [6.45, 7) is 2.27. The Kier molecular flexibility index (Phi) is 2.21. The monoisotopic (exact) mass is 244 g/mol. The van der Waals surface area contributed by atoms with Gasteiger partial charge in [0.2, 0.25) is 0 Å². The summed E-state index contributed by atoms with van der Waals surface area (Å²) < 4.78 is 1.52. The van der Waals surface area contributed by atoms with Crippen LogP contribution in [0.25, 0.3) is 5.65 Å². The fraction of sp³-hybridized carbons (Fsp3) is 0.667. The fourth-order valence-corrected chi connectivity index (χ4v) is 2.29. The molecular weight excluding hydrogens is 228 g/mol. The first-order valence-electron chi connectivity index (χ1n) is 6.69. The van der Waals surface area contributed by atoms with E-state index in [4.69, 9.17) is 0 Å². The molecule has 2 aliphatic carbocycles. The average molecular weight is 244 g/mol. The van der Waals surface area contributed by atoms with Crippen molar-refractivity contribution in [3.63, 3.8) is 0 Å². The predicted molar refractivity (Wildman–Crippen MR) is 66.2 cm³/mol. The van der Waals surface area contributed by atoms with Crippen molar-refractivity contribution in [2.24, 2.45) is 11.8 Å². The van der Waals surface area contributed by atoms with Gasteiger partial charge in [-0.25, -0.2) is 0 Å². The van der Waals surface area contributed by atoms with E-state index in [9.17, 15) is 0 Å². The largest absolute Gasteiger partial charge is 0.355 e. The van der Waals surface area contributed by atoms with Gasteiger partial charge in [0, 0.05) is 13.1 Å². The maximum absolute atomic E-state index is 4.50. The zero-order valence-electron chi connectivity index (χ0n) is 10.2. The lowest BCUT2D eigenvalue weighted by molar-refractivity contribution is 0.650. The van der Waals surface area contributed by atoms with E-state index < -0.39 is 0 Å². The van der Waals surface area contributed by atoms with Gasteiger partial charge in [0.05, 0.1) is 0 Å². The van der Waals surface area contributed by atoms with Crippen LogP contribution in [0.15, 0.2) is 12.1 Å². The second-order valence-corrected chi connectivity index (χ2v) is 5.51. The van der Waals surface area contributed by atoms with E-state index in [0.717, 1.165) is 30.7 Å². The van der Waals surface area contributed by atoms with Crippen LogP contribution in [0.2, 0.25) is 0 Å². The minimum absolute atomic E-state index is 0.705. The highest BCUT2D eigenvalue weighted by Crippen LogP contribution is 2.35. The quantitative estimate of drug-likeness (QED) is 0.789. The highest BCUT2D eigenvalue weighted by Gasteiger charge is 2.30. The molecular formula is C12H16N6. The number of fused-ring (bicyclic) bond motifs is 1. The van der Waals surface area contributed by atoms with Crippen molar-refractivity contribution in [3.05, 3.63) is 12.1 Å². The molecule has 0 radical (unpaired) electrons. The van der Waals surface area contributed by atoms with E-state index in [-0.39, 0.29) is 0 Å². The molecule has 2 fully saturated rings. The lowest BCUT2D eigenvalue weighted by Crippen LogP contribution is -2.29. The lowest BCUT2D eigenvalue weighted by atomic mass is 10.3. The third-order valence-electron chi connectivity index (χ3n) is 3.73. The van der Waals surface area contributed by atoms with Crippen molar-refractivity contribution in [2.75, 3.05) is 18.0 Å². The smallest absolute Gasteiger partial charge is 0.200 e. The highest BCUT2D eigenvalue weighted by atomic mass is 15.6. The van der Waals surface area contributed by atoms with Crippen LogP contribution < -0.4 is 4.90 Å². The molecule has 0 atom stereocenters. The standard InChI is InChI=1S/C12H16N6/c1-2-9(1)7-17(8-10-3-4-10)12-6-5-11-13-15-16-18(11)14-12/h5-6,9-10H,1-4,7-8H2. The molecule has 0 spiro atoms. The van der Waals surface area contributed by atoms with Crippen LogP contribution in [-0.2, 0) is 0 Å². The normalized spacial score (nSPS) is 19.3. The number of anilines is 1. The molecule has 2 aromatic rings. The van der Waals surface area contributed by atoms with Crippen molar-refractivity contribution >= 4 is 11.5 Å². The molecule has 94 valence electrons. The molecule has 0 bridgehead atoms. The molecule has 2 aromatic heterocycles. The van der Waals surface area contributed by atoms with E-state index in [0.29, 0.717) is 5.65 Å². The van der Waals surface area contributed by atoms with Gasteiger partial charge in [-0.05, 0) is 60.1 Å². The van der Waals surface area contributed by atoms with E-state index in [1.165, 1.54) is 30.3 Å². The lowest BCUT2D eigenvalue weighted by Gasteiger charge is -2.23. The Morgan fingerprint density at radius 1 is 1.11 bits per heavy atom. The van der Waals surface area contributed by atoms with Crippen molar-refractivity contribution in [1.82, 2.24) is 25.3 Å². The van der Waals surface area contributed by atoms with Gasteiger partial charge in [0.1, 0.15) is 0 Å². The van der Waals surface area contributed by atoms with Gasteiger partial charge in [-0.15, -0.1) is 14.8 Å². The summed E-state index contributed by atoms with van der Waals surface area (Å²) >= 11 is 0. The molecule has 18 heavy (non-hydrogen) atoms. The molecule has 0 unspecified atom stereocenters. The summed E-state index contributed by atoms with van der Waals surface area (Å²) in [5, 5.41) is 15.9. The van der Waals surface area contributed by atoms with Gasteiger partial charge < -0.3 is 4.90 Å². The van der Waals surface area contributed by atoms with Gasteiger partial charge in [0.15, 0.2) is 11.5 Å². The van der Waals surface area contributed by atoms with Crippen LogP contribution in [0.4, 0.5) is 5.82 Å². The number of aromatic nitrogens is 5. The average Bonchev–Trinajstić information content (AvgIpc) is 3.30. The summed E-state index contributed by atoms with van der Waals surface area (Å²) in [5.74, 6) is 2.75. The molecule has 2 heterocycles. The Balaban J connectivity index is 1.61. The molecule has 0 N–H and O–H groups in total. The van der Waals surface area contributed by atoms with E-state index in [1.807, 2.05) is 12.1 Å². The molecule has 2 saturated carbocycles. The van der Waals surface area contributed by atoms with Crippen molar-refractivity contribution in [3.8, 4) is 0 Å². The molecule has 2 aliphatic rings. The number of rotatable bonds is 5. The summed E-state index contributed by atoms with van der Waals surface area (Å²) in [4.78, 5) is 2.41. The topological polar surface area (TPSA) is 59.2 Å². The number of hydrogen-bond acceptors (Lipinski definition) is 5. The van der Waals surface area contributed by atoms with Crippen molar-refractivity contribution in [1.29, 1.82) is 0 Å². The van der Waals surface area contributed by atoms with Crippen LogP contribution >= 0.6 is 0 Å². The highest BCUT2D eigenvalue weighted by molar-refractivity contribution is 5.44. The Morgan fingerprint density at radius 2 is 1.83 bits per heavy atom. The number of nitrogens with zero attached hydrogens (tertiary/aromatic N) is 6. The van der Waals surface area contributed by atoms with Crippen LogP contribution in [0.5, 0.6) is 0 Å². The summed E-state index contributed by atoms with van der Waals surface area (Å²) in [6.07, 6.45) is 5.48.